The molecular weight excluding hydrogens is 259 g/mol. The fraction of sp³-hybridized carbons (Fsp3) is 0.667. The number of nitrogens with one attached hydrogen (secondary N) is 1. The van der Waals surface area contributed by atoms with Crippen molar-refractivity contribution in [3.05, 3.63) is 23.8 Å². The molecule has 7 heteroatoms. The Morgan fingerprint density at radius 2 is 1.68 bits per heavy atom. The van der Waals surface area contributed by atoms with Gasteiger partial charge in [-0.05, 0) is 25.7 Å². The highest BCUT2D eigenvalue weighted by Crippen LogP contribution is 2.40. The van der Waals surface area contributed by atoms with Gasteiger partial charge in [0, 0.05) is 30.0 Å². The van der Waals surface area contributed by atoms with E-state index in [2.05, 4.69) is 15.3 Å². The zero-order chi connectivity index (χ0) is 13.7. The Balaban J connectivity index is 1.86. The predicted molar refractivity (Wildman–Crippen MR) is 60.1 cm³/mol. The Bertz CT molecular complexity index is 462. The van der Waals surface area contributed by atoms with E-state index in [1.165, 1.54) is 0 Å². The predicted octanol–water partition coefficient (Wildman–Crippen LogP) is 1.60. The van der Waals surface area contributed by atoms with Gasteiger partial charge in [0.25, 0.3) is 0 Å². The fourth-order valence-electron chi connectivity index (χ4n) is 3.07. The summed E-state index contributed by atoms with van der Waals surface area (Å²) in [5.41, 5.74) is -0.736. The molecule has 0 saturated carbocycles. The minimum Gasteiger partial charge on any atom is -0.385 e. The molecule has 1 aromatic rings. The number of nitrogens with zero attached hydrogens (tertiary/aromatic N) is 2. The molecule has 1 aromatic heterocycles. The quantitative estimate of drug-likeness (QED) is 0.816. The van der Waals surface area contributed by atoms with E-state index in [4.69, 9.17) is 0 Å². The smallest absolute Gasteiger partial charge is 0.385 e. The highest BCUT2D eigenvalue weighted by molar-refractivity contribution is 5.20. The van der Waals surface area contributed by atoms with Crippen LogP contribution in [0.15, 0.2) is 12.4 Å². The summed E-state index contributed by atoms with van der Waals surface area (Å²) in [7, 11) is 0. The van der Waals surface area contributed by atoms with Crippen molar-refractivity contribution in [2.45, 2.75) is 49.5 Å². The van der Waals surface area contributed by atoms with Crippen molar-refractivity contribution in [3.63, 3.8) is 0 Å². The molecule has 2 fully saturated rings. The molecule has 0 radical (unpaired) electrons. The monoisotopic (exact) mass is 273 g/mol. The molecule has 2 aliphatic rings. The molecule has 0 aromatic carbocycles. The van der Waals surface area contributed by atoms with Crippen LogP contribution in [0, 0.1) is 0 Å². The van der Waals surface area contributed by atoms with E-state index in [1.54, 1.807) is 0 Å². The number of piperidine rings is 1. The molecule has 104 valence electrons. The van der Waals surface area contributed by atoms with Gasteiger partial charge in [0.05, 0.1) is 5.60 Å². The lowest BCUT2D eigenvalue weighted by Gasteiger charge is -2.37. The number of alkyl halides is 3. The number of fused-ring (bicyclic) bond motifs is 2. The molecule has 19 heavy (non-hydrogen) atoms. The van der Waals surface area contributed by atoms with Crippen LogP contribution in [-0.4, -0.2) is 27.2 Å². The second kappa shape index (κ2) is 4.14. The van der Waals surface area contributed by atoms with Crippen molar-refractivity contribution in [2.24, 2.45) is 0 Å². The van der Waals surface area contributed by atoms with E-state index >= 15 is 0 Å². The van der Waals surface area contributed by atoms with Gasteiger partial charge < -0.3 is 10.4 Å². The van der Waals surface area contributed by atoms with Crippen molar-refractivity contribution < 1.29 is 18.3 Å². The lowest BCUT2D eigenvalue weighted by atomic mass is 9.83. The molecule has 2 saturated heterocycles. The summed E-state index contributed by atoms with van der Waals surface area (Å²) in [6, 6.07) is 0.456. The summed E-state index contributed by atoms with van der Waals surface area (Å²) in [6.45, 7) is 0. The van der Waals surface area contributed by atoms with Gasteiger partial charge in [0.2, 0.25) is 5.82 Å². The summed E-state index contributed by atoms with van der Waals surface area (Å²) in [6.07, 6.45) is 0.634. The number of aliphatic hydroxyl groups is 1. The van der Waals surface area contributed by atoms with Crippen LogP contribution in [0.4, 0.5) is 13.2 Å². The van der Waals surface area contributed by atoms with Crippen LogP contribution in [0.5, 0.6) is 0 Å². The fourth-order valence-corrected chi connectivity index (χ4v) is 3.07. The molecule has 2 aliphatic heterocycles. The largest absolute Gasteiger partial charge is 0.451 e. The summed E-state index contributed by atoms with van der Waals surface area (Å²) in [4.78, 5) is 6.65. The Morgan fingerprint density at radius 1 is 1.16 bits per heavy atom. The van der Waals surface area contributed by atoms with Crippen LogP contribution in [0.3, 0.4) is 0 Å². The number of hydrogen-bond donors (Lipinski definition) is 2. The highest BCUT2D eigenvalue weighted by atomic mass is 19.4. The van der Waals surface area contributed by atoms with E-state index in [0.717, 1.165) is 25.2 Å². The summed E-state index contributed by atoms with van der Waals surface area (Å²) < 4.78 is 37.2. The van der Waals surface area contributed by atoms with E-state index in [9.17, 15) is 18.3 Å². The first-order chi connectivity index (χ1) is 8.87. The summed E-state index contributed by atoms with van der Waals surface area (Å²) >= 11 is 0. The van der Waals surface area contributed by atoms with Gasteiger partial charge in [0.15, 0.2) is 0 Å². The van der Waals surface area contributed by atoms with Gasteiger partial charge in [-0.15, -0.1) is 0 Å². The van der Waals surface area contributed by atoms with Crippen LogP contribution in [0.2, 0.25) is 0 Å². The van der Waals surface area contributed by atoms with Gasteiger partial charge in [-0.25, -0.2) is 9.97 Å². The van der Waals surface area contributed by atoms with E-state index in [0.29, 0.717) is 18.4 Å². The Morgan fingerprint density at radius 3 is 2.16 bits per heavy atom. The van der Waals surface area contributed by atoms with Gasteiger partial charge in [0.1, 0.15) is 0 Å². The van der Waals surface area contributed by atoms with Crippen molar-refractivity contribution in [2.75, 3.05) is 0 Å². The lowest BCUT2D eigenvalue weighted by molar-refractivity contribution is -0.145. The zero-order valence-electron chi connectivity index (χ0n) is 10.1. The van der Waals surface area contributed by atoms with Crippen molar-refractivity contribution in [3.8, 4) is 0 Å². The maximum atomic E-state index is 12.4. The van der Waals surface area contributed by atoms with E-state index < -0.39 is 17.6 Å². The van der Waals surface area contributed by atoms with Crippen molar-refractivity contribution in [1.82, 2.24) is 15.3 Å². The molecule has 0 aliphatic carbocycles. The first-order valence-electron chi connectivity index (χ1n) is 6.25. The molecule has 4 nitrogen and oxygen atoms in total. The first kappa shape index (κ1) is 12.8. The van der Waals surface area contributed by atoms with E-state index in [-0.39, 0.29) is 12.1 Å². The zero-order valence-corrected chi connectivity index (χ0v) is 10.1. The third-order valence-corrected chi connectivity index (χ3v) is 3.95. The Hall–Kier alpha value is -1.21. The Labute approximate surface area is 108 Å². The summed E-state index contributed by atoms with van der Waals surface area (Å²) in [5, 5.41) is 14.0. The third-order valence-electron chi connectivity index (χ3n) is 3.95. The molecule has 2 N–H and O–H groups in total. The normalized spacial score (nSPS) is 34.5. The van der Waals surface area contributed by atoms with Crippen LogP contribution >= 0.6 is 0 Å². The lowest BCUT2D eigenvalue weighted by Crippen LogP contribution is -2.46. The first-order valence-corrected chi connectivity index (χ1v) is 6.25. The maximum absolute atomic E-state index is 12.4. The van der Waals surface area contributed by atoms with Crippen molar-refractivity contribution >= 4 is 0 Å². The third kappa shape index (κ3) is 2.32. The van der Waals surface area contributed by atoms with E-state index in [1.807, 2.05) is 0 Å². The maximum Gasteiger partial charge on any atom is 0.451 e. The molecule has 3 heterocycles. The topological polar surface area (TPSA) is 58.0 Å². The number of aromatic nitrogens is 2. The molecule has 2 unspecified atom stereocenters. The molecule has 0 spiro atoms. The Kier molecular flexibility index (Phi) is 2.79. The van der Waals surface area contributed by atoms with Gasteiger partial charge >= 0.3 is 6.18 Å². The number of rotatable bonds is 1. The number of hydrogen-bond acceptors (Lipinski definition) is 4. The van der Waals surface area contributed by atoms with Gasteiger partial charge in [-0.1, -0.05) is 0 Å². The highest BCUT2D eigenvalue weighted by Gasteiger charge is 2.44. The van der Waals surface area contributed by atoms with Crippen molar-refractivity contribution in [1.29, 1.82) is 0 Å². The summed E-state index contributed by atoms with van der Waals surface area (Å²) in [5.74, 6) is -1.17. The van der Waals surface area contributed by atoms with Gasteiger partial charge in [-0.2, -0.15) is 13.2 Å². The molecular formula is C12H14F3N3O. The second-order valence-electron chi connectivity index (χ2n) is 5.37. The molecule has 2 bridgehead atoms. The van der Waals surface area contributed by atoms with Crippen LogP contribution in [0.1, 0.15) is 37.1 Å². The van der Waals surface area contributed by atoms with Crippen LogP contribution in [-0.2, 0) is 11.8 Å². The number of halogens is 3. The molecule has 3 rings (SSSR count). The average Bonchev–Trinajstić information content (AvgIpc) is 2.68. The molecule has 0 amide bonds. The minimum absolute atomic E-state index is 0.228. The average molecular weight is 273 g/mol. The molecule has 2 atom stereocenters. The van der Waals surface area contributed by atoms with Crippen LogP contribution in [0.25, 0.3) is 0 Å². The second-order valence-corrected chi connectivity index (χ2v) is 5.37. The standard InChI is InChI=1S/C12H14F3N3O/c13-12(14,15)10-16-5-7(6-17-10)11(19)3-8-1-2-9(4-11)18-8/h5-6,8-9,18-19H,1-4H2. The SMILES string of the molecule is OC1(c2cnc(C(F)(F)F)nc2)CC2CCC(C1)N2. The minimum atomic E-state index is -4.55. The van der Waals surface area contributed by atoms with Crippen LogP contribution < -0.4 is 5.32 Å². The van der Waals surface area contributed by atoms with Gasteiger partial charge in [-0.3, -0.25) is 0 Å².